The van der Waals surface area contributed by atoms with Crippen LogP contribution >= 0.6 is 35.0 Å². The van der Waals surface area contributed by atoms with Gasteiger partial charge < -0.3 is 9.88 Å². The van der Waals surface area contributed by atoms with Gasteiger partial charge in [0, 0.05) is 17.1 Å². The van der Waals surface area contributed by atoms with E-state index in [4.69, 9.17) is 23.2 Å². The summed E-state index contributed by atoms with van der Waals surface area (Å²) in [4.78, 5) is 12.0. The molecule has 1 aromatic carbocycles. The molecular weight excluding hydrogens is 343 g/mol. The van der Waals surface area contributed by atoms with Gasteiger partial charge in [-0.2, -0.15) is 0 Å². The molecule has 1 N–H and O–H groups in total. The molecule has 5 nitrogen and oxygen atoms in total. The van der Waals surface area contributed by atoms with Crippen molar-refractivity contribution in [2.24, 2.45) is 7.05 Å². The number of rotatable bonds is 5. The average Bonchev–Trinajstić information content (AvgIpc) is 2.76. The minimum atomic E-state index is -0.195. The number of nitrogens with one attached hydrogen (secondary N) is 1. The lowest BCUT2D eigenvalue weighted by atomic mass is 10.1. The second kappa shape index (κ2) is 7.35. The normalized spacial score (nSPS) is 12.2. The summed E-state index contributed by atoms with van der Waals surface area (Å²) >= 11 is 13.4. The van der Waals surface area contributed by atoms with Crippen molar-refractivity contribution in [1.82, 2.24) is 20.1 Å². The Morgan fingerprint density at radius 1 is 1.41 bits per heavy atom. The van der Waals surface area contributed by atoms with Gasteiger partial charge in [0.05, 0.1) is 11.8 Å². The third-order valence-electron chi connectivity index (χ3n) is 3.19. The third-order valence-corrected chi connectivity index (χ3v) is 4.77. The molecule has 0 aliphatic carbocycles. The lowest BCUT2D eigenvalue weighted by Gasteiger charge is -2.15. The zero-order valence-corrected chi connectivity index (χ0v) is 14.8. The minimum absolute atomic E-state index is 0.0934. The number of carbonyl (C=O) groups is 1. The average molecular weight is 359 g/mol. The van der Waals surface area contributed by atoms with Crippen molar-refractivity contribution in [3.8, 4) is 0 Å². The summed E-state index contributed by atoms with van der Waals surface area (Å²) in [5.74, 6) is 0.982. The molecule has 2 aromatic rings. The lowest BCUT2D eigenvalue weighted by Crippen LogP contribution is -2.28. The van der Waals surface area contributed by atoms with Gasteiger partial charge in [-0.25, -0.2) is 0 Å². The van der Waals surface area contributed by atoms with Gasteiger partial charge in [-0.05, 0) is 31.5 Å². The monoisotopic (exact) mass is 358 g/mol. The van der Waals surface area contributed by atoms with Gasteiger partial charge >= 0.3 is 0 Å². The van der Waals surface area contributed by atoms with Gasteiger partial charge in [0.25, 0.3) is 0 Å². The van der Waals surface area contributed by atoms with E-state index in [0.29, 0.717) is 15.2 Å². The van der Waals surface area contributed by atoms with E-state index < -0.39 is 0 Å². The number of carbonyl (C=O) groups excluding carboxylic acids is 1. The standard InChI is InChI=1S/C14H16Cl2N4OS/c1-8(11-5-4-10(15)6-12(11)16)17-13(21)7-22-14-19-18-9(2)20(14)3/h4-6,8H,7H2,1-3H3,(H,17,21)/t8-/m0/s1. The van der Waals surface area contributed by atoms with Gasteiger partial charge in [-0.1, -0.05) is 41.0 Å². The first-order valence-electron chi connectivity index (χ1n) is 6.61. The van der Waals surface area contributed by atoms with Gasteiger partial charge in [-0.15, -0.1) is 10.2 Å². The maximum absolute atomic E-state index is 12.0. The van der Waals surface area contributed by atoms with Gasteiger partial charge in [0.15, 0.2) is 5.16 Å². The van der Waals surface area contributed by atoms with E-state index in [9.17, 15) is 4.79 Å². The Bertz CT molecular complexity index is 689. The van der Waals surface area contributed by atoms with Crippen molar-refractivity contribution >= 4 is 40.9 Å². The van der Waals surface area contributed by atoms with Crippen molar-refractivity contribution in [3.05, 3.63) is 39.6 Å². The van der Waals surface area contributed by atoms with E-state index in [2.05, 4.69) is 15.5 Å². The van der Waals surface area contributed by atoms with E-state index in [-0.39, 0.29) is 17.7 Å². The molecule has 0 fully saturated rings. The molecule has 2 rings (SSSR count). The van der Waals surface area contributed by atoms with Crippen LogP contribution in [-0.2, 0) is 11.8 Å². The molecule has 1 amide bonds. The van der Waals surface area contributed by atoms with Crippen LogP contribution in [0, 0.1) is 6.92 Å². The van der Waals surface area contributed by atoms with Crippen LogP contribution in [0.5, 0.6) is 0 Å². The van der Waals surface area contributed by atoms with E-state index in [1.807, 2.05) is 31.5 Å². The summed E-state index contributed by atoms with van der Waals surface area (Å²) in [6, 6.07) is 5.04. The number of amides is 1. The van der Waals surface area contributed by atoms with Crippen LogP contribution in [0.25, 0.3) is 0 Å². The second-order valence-corrected chi connectivity index (χ2v) is 6.62. The Balaban J connectivity index is 1.92. The van der Waals surface area contributed by atoms with Gasteiger partial charge in [0.2, 0.25) is 5.91 Å². The number of aromatic nitrogens is 3. The number of thioether (sulfide) groups is 1. The van der Waals surface area contributed by atoms with E-state index in [1.165, 1.54) is 11.8 Å². The summed E-state index contributed by atoms with van der Waals surface area (Å²) in [7, 11) is 1.87. The highest BCUT2D eigenvalue weighted by Crippen LogP contribution is 2.26. The lowest BCUT2D eigenvalue weighted by molar-refractivity contribution is -0.119. The number of nitrogens with zero attached hydrogens (tertiary/aromatic N) is 3. The Morgan fingerprint density at radius 2 is 2.14 bits per heavy atom. The first-order chi connectivity index (χ1) is 10.4. The Hall–Kier alpha value is -1.24. The molecule has 0 radical (unpaired) electrons. The molecule has 0 spiro atoms. The quantitative estimate of drug-likeness (QED) is 0.832. The summed E-state index contributed by atoms with van der Waals surface area (Å²) in [5.41, 5.74) is 0.832. The maximum atomic E-state index is 12.0. The fraction of sp³-hybridized carbons (Fsp3) is 0.357. The van der Waals surface area contributed by atoms with Crippen LogP contribution in [0.3, 0.4) is 0 Å². The summed E-state index contributed by atoms with van der Waals surface area (Å²) in [5, 5.41) is 12.7. The topological polar surface area (TPSA) is 59.8 Å². The Kier molecular flexibility index (Phi) is 5.72. The highest BCUT2D eigenvalue weighted by atomic mass is 35.5. The van der Waals surface area contributed by atoms with Crippen LogP contribution in [0.15, 0.2) is 23.4 Å². The summed E-state index contributed by atoms with van der Waals surface area (Å²) < 4.78 is 1.84. The molecule has 1 heterocycles. The third kappa shape index (κ3) is 4.15. The SMILES string of the molecule is Cc1nnc(SCC(=O)N[C@@H](C)c2ccc(Cl)cc2Cl)n1C. The van der Waals surface area contributed by atoms with Crippen molar-refractivity contribution in [1.29, 1.82) is 0 Å². The fourth-order valence-corrected chi connectivity index (χ4v) is 3.20. The molecular formula is C14H16Cl2N4OS. The van der Waals surface area contributed by atoms with E-state index in [1.54, 1.807) is 12.1 Å². The summed E-state index contributed by atoms with van der Waals surface area (Å²) in [6.45, 7) is 3.74. The van der Waals surface area contributed by atoms with Crippen molar-refractivity contribution in [2.75, 3.05) is 5.75 Å². The second-order valence-electron chi connectivity index (χ2n) is 4.83. The number of halogens is 2. The first-order valence-corrected chi connectivity index (χ1v) is 8.35. The number of benzene rings is 1. The highest BCUT2D eigenvalue weighted by molar-refractivity contribution is 7.99. The van der Waals surface area contributed by atoms with Crippen LogP contribution < -0.4 is 5.32 Å². The van der Waals surface area contributed by atoms with Crippen LogP contribution in [0.4, 0.5) is 0 Å². The Morgan fingerprint density at radius 3 is 2.73 bits per heavy atom. The predicted molar refractivity (Wildman–Crippen MR) is 89.5 cm³/mol. The minimum Gasteiger partial charge on any atom is -0.349 e. The van der Waals surface area contributed by atoms with E-state index in [0.717, 1.165) is 11.4 Å². The predicted octanol–water partition coefficient (Wildman–Crippen LogP) is 3.40. The number of aryl methyl sites for hydroxylation is 1. The number of hydrogen-bond acceptors (Lipinski definition) is 4. The maximum Gasteiger partial charge on any atom is 0.230 e. The molecule has 0 aliphatic rings. The molecule has 22 heavy (non-hydrogen) atoms. The smallest absolute Gasteiger partial charge is 0.230 e. The molecule has 118 valence electrons. The van der Waals surface area contributed by atoms with Crippen molar-refractivity contribution in [2.45, 2.75) is 25.0 Å². The molecule has 0 bridgehead atoms. The Labute approximate surface area is 143 Å². The zero-order chi connectivity index (χ0) is 16.3. The van der Waals surface area contributed by atoms with Crippen LogP contribution in [-0.4, -0.2) is 26.4 Å². The fourth-order valence-electron chi connectivity index (χ4n) is 1.86. The molecule has 8 heteroatoms. The molecule has 0 saturated carbocycles. The highest BCUT2D eigenvalue weighted by Gasteiger charge is 2.14. The largest absolute Gasteiger partial charge is 0.349 e. The summed E-state index contributed by atoms with van der Waals surface area (Å²) in [6.07, 6.45) is 0. The molecule has 0 unspecified atom stereocenters. The molecule has 1 aromatic heterocycles. The molecule has 0 aliphatic heterocycles. The van der Waals surface area contributed by atoms with Crippen molar-refractivity contribution < 1.29 is 4.79 Å². The molecule has 0 saturated heterocycles. The van der Waals surface area contributed by atoms with E-state index >= 15 is 0 Å². The van der Waals surface area contributed by atoms with Gasteiger partial charge in [0.1, 0.15) is 5.82 Å². The zero-order valence-electron chi connectivity index (χ0n) is 12.4. The van der Waals surface area contributed by atoms with Crippen molar-refractivity contribution in [3.63, 3.8) is 0 Å². The van der Waals surface area contributed by atoms with Crippen LogP contribution in [0.1, 0.15) is 24.4 Å². The molecule has 1 atom stereocenters. The number of hydrogen-bond donors (Lipinski definition) is 1. The first kappa shape index (κ1) is 17.1. The van der Waals surface area contributed by atoms with Gasteiger partial charge in [-0.3, -0.25) is 4.79 Å². The van der Waals surface area contributed by atoms with Crippen LogP contribution in [0.2, 0.25) is 10.0 Å².